The zero-order chi connectivity index (χ0) is 29.2. The average Bonchev–Trinajstić information content (AvgIpc) is 3.31. The van der Waals surface area contributed by atoms with E-state index in [1.165, 1.54) is 18.2 Å². The van der Waals surface area contributed by atoms with E-state index in [4.69, 9.17) is 36.7 Å². The van der Waals surface area contributed by atoms with Gasteiger partial charge in [-0.2, -0.15) is 0 Å². The van der Waals surface area contributed by atoms with Crippen LogP contribution in [0.3, 0.4) is 0 Å². The van der Waals surface area contributed by atoms with Crippen molar-refractivity contribution in [1.82, 2.24) is 24.9 Å². The largest absolute Gasteiger partial charge is 0.486 e. The first-order valence-corrected chi connectivity index (χ1v) is 14.0. The molecule has 0 aliphatic carbocycles. The molecule has 4 aromatic rings. The molecular formula is C29H30ClF2N7O3. The lowest BCUT2D eigenvalue weighted by Crippen LogP contribution is -2.46. The average molecular weight is 598 g/mol. The molecule has 2 saturated heterocycles. The van der Waals surface area contributed by atoms with Crippen LogP contribution in [-0.2, 0) is 24.4 Å². The summed E-state index contributed by atoms with van der Waals surface area (Å²) in [4.78, 5) is 13.7. The highest BCUT2D eigenvalue weighted by Crippen LogP contribution is 2.28. The Kier molecular flexibility index (Phi) is 8.20. The smallest absolute Gasteiger partial charge is 0.168 e. The molecular weight excluding hydrogens is 568 g/mol. The highest BCUT2D eigenvalue weighted by Gasteiger charge is 2.25. The SMILES string of the molecule is N=C(NO)c1cc2nc(CN3CCN(c4ccc(F)c(OCc5ccc(Cl)cc5F)c4)CC3)n(C[C@@H]3CCO3)c2cn1. The van der Waals surface area contributed by atoms with E-state index in [0.717, 1.165) is 43.1 Å². The van der Waals surface area contributed by atoms with Crippen LogP contribution >= 0.6 is 11.6 Å². The molecule has 3 N–H and O–H groups in total. The third kappa shape index (κ3) is 6.02. The molecule has 0 saturated carbocycles. The van der Waals surface area contributed by atoms with Crippen molar-refractivity contribution in [2.24, 2.45) is 0 Å². The number of aromatic nitrogens is 3. The van der Waals surface area contributed by atoms with Crippen LogP contribution in [0.25, 0.3) is 11.0 Å². The molecule has 0 spiro atoms. The summed E-state index contributed by atoms with van der Waals surface area (Å²) in [6.45, 7) is 4.88. The second-order valence-electron chi connectivity index (χ2n) is 10.4. The number of piperazine rings is 1. The highest BCUT2D eigenvalue weighted by atomic mass is 35.5. The summed E-state index contributed by atoms with van der Waals surface area (Å²) in [6.07, 6.45) is 2.79. The number of pyridine rings is 1. The van der Waals surface area contributed by atoms with Crippen molar-refractivity contribution in [2.45, 2.75) is 32.2 Å². The number of ether oxygens (including phenoxy) is 2. The van der Waals surface area contributed by atoms with Crippen molar-refractivity contribution in [1.29, 1.82) is 5.41 Å². The summed E-state index contributed by atoms with van der Waals surface area (Å²) in [5.41, 5.74) is 4.81. The van der Waals surface area contributed by atoms with E-state index in [0.29, 0.717) is 43.0 Å². The normalized spacial score (nSPS) is 17.3. The molecule has 0 amide bonds. The lowest BCUT2D eigenvalue weighted by atomic mass is 10.2. The quantitative estimate of drug-likeness (QED) is 0.148. The lowest BCUT2D eigenvalue weighted by molar-refractivity contribution is -0.0592. The number of hydrogen-bond donors (Lipinski definition) is 3. The zero-order valence-corrected chi connectivity index (χ0v) is 23.4. The number of amidine groups is 1. The van der Waals surface area contributed by atoms with Crippen LogP contribution in [-0.4, -0.2) is 69.4 Å². The zero-order valence-electron chi connectivity index (χ0n) is 22.7. The lowest BCUT2D eigenvalue weighted by Gasteiger charge is -2.36. The van der Waals surface area contributed by atoms with E-state index >= 15 is 0 Å². The summed E-state index contributed by atoms with van der Waals surface area (Å²) < 4.78 is 42.1. The van der Waals surface area contributed by atoms with Crippen molar-refractivity contribution >= 4 is 34.2 Å². The topological polar surface area (TPSA) is 112 Å². The fourth-order valence-electron chi connectivity index (χ4n) is 5.18. The first-order chi connectivity index (χ1) is 20.4. The van der Waals surface area contributed by atoms with Crippen molar-refractivity contribution in [2.75, 3.05) is 37.7 Å². The number of nitrogens with one attached hydrogen (secondary N) is 2. The Labute approximate surface area is 245 Å². The number of rotatable bonds is 9. The van der Waals surface area contributed by atoms with Gasteiger partial charge in [-0.05, 0) is 36.8 Å². The van der Waals surface area contributed by atoms with E-state index in [2.05, 4.69) is 19.4 Å². The Morgan fingerprint density at radius 2 is 1.93 bits per heavy atom. The third-order valence-corrected chi connectivity index (χ3v) is 7.91. The Hall–Kier alpha value is -3.84. The van der Waals surface area contributed by atoms with Gasteiger partial charge in [-0.3, -0.25) is 26.0 Å². The number of nitrogens with zero attached hydrogens (tertiary/aromatic N) is 5. The van der Waals surface area contributed by atoms with Crippen LogP contribution in [0.15, 0.2) is 48.7 Å². The molecule has 0 bridgehead atoms. The number of imidazole rings is 1. The predicted octanol–water partition coefficient (Wildman–Crippen LogP) is 4.36. The van der Waals surface area contributed by atoms with Crippen LogP contribution in [0, 0.1) is 17.0 Å². The summed E-state index contributed by atoms with van der Waals surface area (Å²) in [7, 11) is 0. The predicted molar refractivity (Wildman–Crippen MR) is 153 cm³/mol. The molecule has 1 atom stereocenters. The number of halogens is 3. The minimum atomic E-state index is -0.511. The van der Waals surface area contributed by atoms with E-state index in [-0.39, 0.29) is 29.3 Å². The van der Waals surface area contributed by atoms with Gasteiger partial charge in [0.15, 0.2) is 17.4 Å². The van der Waals surface area contributed by atoms with Crippen molar-refractivity contribution in [3.05, 3.63) is 82.4 Å². The maximum atomic E-state index is 14.5. The number of benzene rings is 2. The van der Waals surface area contributed by atoms with E-state index in [9.17, 15) is 8.78 Å². The maximum absolute atomic E-state index is 14.5. The number of anilines is 1. The Morgan fingerprint density at radius 1 is 1.12 bits per heavy atom. The van der Waals surface area contributed by atoms with Crippen molar-refractivity contribution in [3.63, 3.8) is 0 Å². The van der Waals surface area contributed by atoms with Gasteiger partial charge < -0.3 is 18.9 Å². The summed E-state index contributed by atoms with van der Waals surface area (Å²) in [5, 5.41) is 17.2. The summed E-state index contributed by atoms with van der Waals surface area (Å²) in [5.74, 6) is -0.263. The fraction of sp³-hybridized carbons (Fsp3) is 0.345. The van der Waals surface area contributed by atoms with Crippen LogP contribution in [0.2, 0.25) is 5.02 Å². The molecule has 0 unspecified atom stereocenters. The van der Waals surface area contributed by atoms with E-state index in [1.54, 1.807) is 30.5 Å². The Morgan fingerprint density at radius 3 is 2.64 bits per heavy atom. The van der Waals surface area contributed by atoms with Gasteiger partial charge in [-0.15, -0.1) is 0 Å². The van der Waals surface area contributed by atoms with Crippen molar-refractivity contribution < 1.29 is 23.5 Å². The van der Waals surface area contributed by atoms with Gasteiger partial charge in [-0.1, -0.05) is 17.7 Å². The van der Waals surface area contributed by atoms with Gasteiger partial charge >= 0.3 is 0 Å². The molecule has 2 aromatic heterocycles. The molecule has 2 fully saturated rings. The first kappa shape index (κ1) is 28.3. The minimum Gasteiger partial charge on any atom is -0.486 e. The second kappa shape index (κ2) is 12.2. The summed E-state index contributed by atoms with van der Waals surface area (Å²) in [6, 6.07) is 10.7. The molecule has 0 radical (unpaired) electrons. The molecule has 2 aliphatic rings. The third-order valence-electron chi connectivity index (χ3n) is 7.68. The van der Waals surface area contributed by atoms with E-state index in [1.807, 2.05) is 5.48 Å². The van der Waals surface area contributed by atoms with Gasteiger partial charge in [0, 0.05) is 55.1 Å². The van der Waals surface area contributed by atoms with Crippen LogP contribution < -0.4 is 15.1 Å². The van der Waals surface area contributed by atoms with Crippen molar-refractivity contribution in [3.8, 4) is 5.75 Å². The molecule has 10 nitrogen and oxygen atoms in total. The molecule has 4 heterocycles. The maximum Gasteiger partial charge on any atom is 0.168 e. The minimum absolute atomic E-state index is 0.0636. The van der Waals surface area contributed by atoms with Gasteiger partial charge in [0.25, 0.3) is 0 Å². The van der Waals surface area contributed by atoms with E-state index < -0.39 is 11.6 Å². The second-order valence-corrected chi connectivity index (χ2v) is 10.8. The fourth-order valence-corrected chi connectivity index (χ4v) is 5.34. The van der Waals surface area contributed by atoms with Gasteiger partial charge in [0.2, 0.25) is 0 Å². The van der Waals surface area contributed by atoms with Crippen LogP contribution in [0.1, 0.15) is 23.5 Å². The Balaban J connectivity index is 1.13. The summed E-state index contributed by atoms with van der Waals surface area (Å²) >= 11 is 5.82. The standard InChI is InChI=1S/C29H30ClF2N7O3/c30-19-2-1-18(23(32)11-19)17-42-27-12-20(3-4-22(27)31)38-8-6-37(7-9-38)16-28-35-24-13-25(29(33)36-40)34-14-26(24)39(28)15-21-5-10-41-21/h1-4,11-14,21,40H,5-10,15-17H2,(H2,33,36)/t21-/m0/s1. The highest BCUT2D eigenvalue weighted by molar-refractivity contribution is 6.30. The molecule has 13 heteroatoms. The Bertz CT molecular complexity index is 1610. The first-order valence-electron chi connectivity index (χ1n) is 13.7. The number of fused-ring (bicyclic) bond motifs is 1. The molecule has 2 aromatic carbocycles. The molecule has 2 aliphatic heterocycles. The van der Waals surface area contributed by atoms with Gasteiger partial charge in [-0.25, -0.2) is 13.8 Å². The number of hydroxylamine groups is 1. The molecule has 220 valence electrons. The monoisotopic (exact) mass is 597 g/mol. The van der Waals surface area contributed by atoms with Gasteiger partial charge in [0.05, 0.1) is 36.4 Å². The molecule has 6 rings (SSSR count). The van der Waals surface area contributed by atoms with Gasteiger partial charge in [0.1, 0.15) is 23.9 Å². The van der Waals surface area contributed by atoms with Crippen LogP contribution in [0.4, 0.5) is 14.5 Å². The van der Waals surface area contributed by atoms with Crippen LogP contribution in [0.5, 0.6) is 5.75 Å². The molecule has 42 heavy (non-hydrogen) atoms. The number of hydrogen-bond acceptors (Lipinski definition) is 8.